The molecular weight excluding hydrogens is 379 g/mol. The van der Waals surface area contributed by atoms with Crippen molar-refractivity contribution in [1.82, 2.24) is 4.90 Å². The van der Waals surface area contributed by atoms with Gasteiger partial charge in [-0.15, -0.1) is 0 Å². The van der Waals surface area contributed by atoms with Crippen LogP contribution < -0.4 is 0 Å². The van der Waals surface area contributed by atoms with E-state index in [0.717, 1.165) is 4.90 Å². The maximum Gasteiger partial charge on any atom is 0.416 e. The number of carbonyl (C=O) groups is 3. The van der Waals surface area contributed by atoms with Crippen LogP contribution in [0.2, 0.25) is 0 Å². The number of hydrogen-bond acceptors (Lipinski definition) is 5. The molecule has 1 rings (SSSR count). The van der Waals surface area contributed by atoms with Crippen LogP contribution in [0.1, 0.15) is 60.8 Å². The zero-order valence-corrected chi connectivity index (χ0v) is 17.3. The average Bonchev–Trinajstić information content (AvgIpc) is 2.89. The molecular formula is C19H30F3NO5. The Morgan fingerprint density at radius 1 is 1.21 bits per heavy atom. The molecule has 0 aromatic rings. The summed E-state index contributed by atoms with van der Waals surface area (Å²) in [7, 11) is 0. The Hall–Kier alpha value is -1.80. The van der Waals surface area contributed by atoms with Gasteiger partial charge in [0.15, 0.2) is 0 Å². The minimum atomic E-state index is -4.67. The molecule has 0 spiro atoms. The van der Waals surface area contributed by atoms with Crippen LogP contribution in [0.4, 0.5) is 18.0 Å². The van der Waals surface area contributed by atoms with Crippen molar-refractivity contribution in [3.8, 4) is 0 Å². The van der Waals surface area contributed by atoms with Gasteiger partial charge in [-0.2, -0.15) is 13.2 Å². The highest BCUT2D eigenvalue weighted by atomic mass is 19.4. The molecule has 3 atom stereocenters. The SMILES string of the molecule is CCC[C@@H](C(=O)N1C(=O)OC[C@@H]1C(C)C)C(CC(F)(F)F)C(=O)OC(C)(C)C. The van der Waals surface area contributed by atoms with Crippen LogP contribution in [0.25, 0.3) is 0 Å². The summed E-state index contributed by atoms with van der Waals surface area (Å²) < 4.78 is 49.7. The lowest BCUT2D eigenvalue weighted by Gasteiger charge is -2.32. The number of halogens is 3. The number of cyclic esters (lactones) is 1. The monoisotopic (exact) mass is 409 g/mol. The van der Waals surface area contributed by atoms with Crippen molar-refractivity contribution in [3.05, 3.63) is 0 Å². The van der Waals surface area contributed by atoms with Crippen LogP contribution in [0.15, 0.2) is 0 Å². The standard InChI is InChI=1S/C19H30F3NO5/c1-7-8-12(15(24)23-14(11(2)3)10-27-17(23)26)13(9-19(20,21)22)16(25)28-18(4,5)6/h11-14H,7-10H2,1-6H3/t12-,13?,14-/m1/s1. The predicted octanol–water partition coefficient (Wildman–Crippen LogP) is 4.32. The van der Waals surface area contributed by atoms with Gasteiger partial charge in [0.05, 0.1) is 24.3 Å². The van der Waals surface area contributed by atoms with Crippen LogP contribution in [-0.4, -0.2) is 47.3 Å². The summed E-state index contributed by atoms with van der Waals surface area (Å²) >= 11 is 0. The second-order valence-electron chi connectivity index (χ2n) is 8.45. The molecule has 0 saturated carbocycles. The molecule has 2 amide bonds. The third-order valence-corrected chi connectivity index (χ3v) is 4.48. The lowest BCUT2D eigenvalue weighted by molar-refractivity contribution is -0.182. The topological polar surface area (TPSA) is 72.9 Å². The molecule has 0 radical (unpaired) electrons. The van der Waals surface area contributed by atoms with E-state index in [9.17, 15) is 27.6 Å². The van der Waals surface area contributed by atoms with Crippen molar-refractivity contribution < 1.29 is 37.0 Å². The third kappa shape index (κ3) is 6.67. The molecule has 0 aromatic carbocycles. The van der Waals surface area contributed by atoms with Gasteiger partial charge in [-0.1, -0.05) is 27.2 Å². The highest BCUT2D eigenvalue weighted by Gasteiger charge is 2.48. The Bertz CT molecular complexity index is 583. The minimum Gasteiger partial charge on any atom is -0.460 e. The fraction of sp³-hybridized carbons (Fsp3) is 0.842. The molecule has 1 fully saturated rings. The van der Waals surface area contributed by atoms with Crippen LogP contribution in [0.5, 0.6) is 0 Å². The normalized spacial score (nSPS) is 20.1. The maximum atomic E-state index is 13.2. The molecule has 6 nitrogen and oxygen atoms in total. The van der Waals surface area contributed by atoms with E-state index in [2.05, 4.69) is 0 Å². The number of esters is 1. The lowest BCUT2D eigenvalue weighted by atomic mass is 9.84. The first-order valence-electron chi connectivity index (χ1n) is 9.47. The van der Waals surface area contributed by atoms with Crippen LogP contribution in [0.3, 0.4) is 0 Å². The quantitative estimate of drug-likeness (QED) is 0.586. The lowest BCUT2D eigenvalue weighted by Crippen LogP contribution is -2.48. The van der Waals surface area contributed by atoms with Gasteiger partial charge in [-0.05, 0) is 33.1 Å². The second kappa shape index (κ2) is 9.13. The Labute approximate surface area is 163 Å². The predicted molar refractivity (Wildman–Crippen MR) is 95.2 cm³/mol. The third-order valence-electron chi connectivity index (χ3n) is 4.48. The van der Waals surface area contributed by atoms with E-state index in [-0.39, 0.29) is 18.9 Å². The Kier molecular flexibility index (Phi) is 7.91. The number of amides is 2. The first-order valence-corrected chi connectivity index (χ1v) is 9.47. The molecule has 1 saturated heterocycles. The van der Waals surface area contributed by atoms with Gasteiger partial charge in [0.2, 0.25) is 5.91 Å². The number of alkyl halides is 3. The van der Waals surface area contributed by atoms with Crippen molar-refractivity contribution in [1.29, 1.82) is 0 Å². The molecule has 0 aromatic heterocycles. The van der Waals surface area contributed by atoms with Crippen molar-refractivity contribution in [3.63, 3.8) is 0 Å². The fourth-order valence-electron chi connectivity index (χ4n) is 3.18. The Balaban J connectivity index is 3.27. The van der Waals surface area contributed by atoms with E-state index >= 15 is 0 Å². The maximum absolute atomic E-state index is 13.2. The average molecular weight is 409 g/mol. The van der Waals surface area contributed by atoms with Crippen molar-refractivity contribution >= 4 is 18.0 Å². The Morgan fingerprint density at radius 3 is 2.21 bits per heavy atom. The van der Waals surface area contributed by atoms with Crippen LogP contribution in [0, 0.1) is 17.8 Å². The minimum absolute atomic E-state index is 0.0164. The summed E-state index contributed by atoms with van der Waals surface area (Å²) in [4.78, 5) is 38.6. The van der Waals surface area contributed by atoms with E-state index in [1.807, 2.05) is 0 Å². The highest BCUT2D eigenvalue weighted by Crippen LogP contribution is 2.35. The fourth-order valence-corrected chi connectivity index (χ4v) is 3.18. The summed E-state index contributed by atoms with van der Waals surface area (Å²) in [5.41, 5.74) is -1.01. The molecule has 9 heteroatoms. The summed E-state index contributed by atoms with van der Waals surface area (Å²) in [6, 6.07) is -0.579. The second-order valence-corrected chi connectivity index (χ2v) is 8.45. The zero-order chi connectivity index (χ0) is 21.9. The van der Waals surface area contributed by atoms with Gasteiger partial charge >= 0.3 is 18.2 Å². The molecule has 28 heavy (non-hydrogen) atoms. The van der Waals surface area contributed by atoms with Crippen molar-refractivity contribution in [2.75, 3.05) is 6.61 Å². The number of carbonyl (C=O) groups excluding carboxylic acids is 3. The van der Waals surface area contributed by atoms with Crippen molar-refractivity contribution in [2.45, 2.75) is 78.6 Å². The largest absolute Gasteiger partial charge is 0.460 e. The molecule has 1 unspecified atom stereocenters. The molecule has 0 bridgehead atoms. The van der Waals surface area contributed by atoms with Crippen molar-refractivity contribution in [2.24, 2.45) is 17.8 Å². The van der Waals surface area contributed by atoms with Crippen LogP contribution in [-0.2, 0) is 19.1 Å². The first-order chi connectivity index (χ1) is 12.7. The summed E-state index contributed by atoms with van der Waals surface area (Å²) in [5, 5.41) is 0. The van der Waals surface area contributed by atoms with E-state index in [0.29, 0.717) is 6.42 Å². The molecule has 0 aliphatic carbocycles. The van der Waals surface area contributed by atoms with Gasteiger partial charge < -0.3 is 9.47 Å². The summed E-state index contributed by atoms with van der Waals surface area (Å²) in [6.45, 7) is 9.86. The number of ether oxygens (including phenoxy) is 2. The van der Waals surface area contributed by atoms with Gasteiger partial charge in [-0.25, -0.2) is 9.69 Å². The van der Waals surface area contributed by atoms with Gasteiger partial charge in [-0.3, -0.25) is 9.59 Å². The van der Waals surface area contributed by atoms with Gasteiger partial charge in [0.1, 0.15) is 12.2 Å². The summed E-state index contributed by atoms with van der Waals surface area (Å²) in [6.07, 6.45) is -6.67. The molecule has 0 N–H and O–H groups in total. The number of rotatable bonds is 7. The summed E-state index contributed by atoms with van der Waals surface area (Å²) in [5.74, 6) is -5.10. The molecule has 1 aliphatic rings. The number of nitrogens with zero attached hydrogens (tertiary/aromatic N) is 1. The van der Waals surface area contributed by atoms with Gasteiger partial charge in [0.25, 0.3) is 0 Å². The molecule has 162 valence electrons. The van der Waals surface area contributed by atoms with Gasteiger partial charge in [0, 0.05) is 0 Å². The zero-order valence-electron chi connectivity index (χ0n) is 17.3. The molecule has 1 aliphatic heterocycles. The number of hydrogen-bond donors (Lipinski definition) is 0. The Morgan fingerprint density at radius 2 is 1.79 bits per heavy atom. The van der Waals surface area contributed by atoms with E-state index < -0.39 is 54.0 Å². The van der Waals surface area contributed by atoms with E-state index in [1.54, 1.807) is 41.5 Å². The molecule has 1 heterocycles. The van der Waals surface area contributed by atoms with E-state index in [1.165, 1.54) is 0 Å². The van der Waals surface area contributed by atoms with Crippen LogP contribution >= 0.6 is 0 Å². The highest BCUT2D eigenvalue weighted by molar-refractivity contribution is 5.96. The first kappa shape index (κ1) is 24.2. The number of imide groups is 1. The smallest absolute Gasteiger partial charge is 0.416 e. The van der Waals surface area contributed by atoms with E-state index in [4.69, 9.17) is 9.47 Å².